The van der Waals surface area contributed by atoms with Crippen molar-refractivity contribution in [3.05, 3.63) is 83.2 Å². The molecule has 1 heterocycles. The summed E-state index contributed by atoms with van der Waals surface area (Å²) in [7, 11) is 0. The summed E-state index contributed by atoms with van der Waals surface area (Å²) in [5.41, 5.74) is -5.59. The van der Waals surface area contributed by atoms with Crippen LogP contribution in [0.1, 0.15) is 36.8 Å². The monoisotopic (exact) mass is 415 g/mol. The Morgan fingerprint density at radius 1 is 0.967 bits per heavy atom. The molecule has 7 nitrogen and oxygen atoms in total. The summed E-state index contributed by atoms with van der Waals surface area (Å²) < 4.78 is 41.7. The van der Waals surface area contributed by atoms with Gasteiger partial charge in [0.1, 0.15) is 0 Å². The van der Waals surface area contributed by atoms with Crippen LogP contribution >= 0.6 is 0 Å². The lowest BCUT2D eigenvalue weighted by atomic mass is 10.1. The fourth-order valence-electron chi connectivity index (χ4n) is 3.27. The van der Waals surface area contributed by atoms with Crippen molar-refractivity contribution in [3.8, 4) is 5.69 Å². The van der Waals surface area contributed by atoms with E-state index in [-0.39, 0.29) is 16.8 Å². The molecule has 0 aliphatic heterocycles. The van der Waals surface area contributed by atoms with Gasteiger partial charge in [-0.2, -0.15) is 18.3 Å². The molecule has 1 aromatic heterocycles. The maximum absolute atomic E-state index is 13.7. The highest BCUT2D eigenvalue weighted by Gasteiger charge is 2.54. The molecular formula is C20H12F3N3O4. The molecule has 0 saturated heterocycles. The molecule has 3 aromatic rings. The van der Waals surface area contributed by atoms with Crippen LogP contribution in [-0.4, -0.2) is 38.1 Å². The Morgan fingerprint density at radius 2 is 1.50 bits per heavy atom. The van der Waals surface area contributed by atoms with Crippen molar-refractivity contribution >= 4 is 17.5 Å². The van der Waals surface area contributed by atoms with Gasteiger partial charge in [-0.15, -0.1) is 0 Å². The van der Waals surface area contributed by atoms with Gasteiger partial charge in [0.2, 0.25) is 11.6 Å². The fourth-order valence-corrected chi connectivity index (χ4v) is 3.27. The first-order valence-electron chi connectivity index (χ1n) is 8.59. The van der Waals surface area contributed by atoms with Crippen LogP contribution < -0.4 is 5.32 Å². The molecule has 1 aliphatic carbocycles. The third-order valence-corrected chi connectivity index (χ3v) is 4.65. The number of halogens is 3. The summed E-state index contributed by atoms with van der Waals surface area (Å²) in [4.78, 5) is 37.6. The Balaban J connectivity index is 1.74. The van der Waals surface area contributed by atoms with Gasteiger partial charge in [0, 0.05) is 11.1 Å². The number of rotatable bonds is 3. The number of Topliss-reactive ketones (excluding diaryl/α,β-unsaturated/α-hetero) is 2. The van der Waals surface area contributed by atoms with Gasteiger partial charge >= 0.3 is 6.18 Å². The highest BCUT2D eigenvalue weighted by atomic mass is 19.4. The van der Waals surface area contributed by atoms with Crippen LogP contribution in [-0.2, 0) is 6.18 Å². The standard InChI is InChI=1S/C20H12F3N3O4/c21-20(22,23)15-14(10-24-26(15)11-6-2-1-3-7-11)18(29)25-19(30)16(27)12-8-4-5-9-13(12)17(19)28/h1-10,30H,(H,25,29). The molecule has 0 atom stereocenters. The summed E-state index contributed by atoms with van der Waals surface area (Å²) in [6.45, 7) is 0. The maximum atomic E-state index is 13.7. The van der Waals surface area contributed by atoms with Crippen LogP contribution in [0.2, 0.25) is 0 Å². The minimum atomic E-state index is -4.99. The molecule has 0 fully saturated rings. The molecule has 30 heavy (non-hydrogen) atoms. The number of aliphatic hydroxyl groups is 1. The third kappa shape index (κ3) is 2.89. The van der Waals surface area contributed by atoms with E-state index in [1.165, 1.54) is 48.5 Å². The molecule has 0 radical (unpaired) electrons. The number of nitrogens with zero attached hydrogens (tertiary/aromatic N) is 2. The summed E-state index contributed by atoms with van der Waals surface area (Å²) in [5, 5.41) is 16.0. The lowest BCUT2D eigenvalue weighted by Crippen LogP contribution is -2.57. The maximum Gasteiger partial charge on any atom is 0.434 e. The number of carbonyl (C=O) groups is 3. The number of alkyl halides is 3. The molecule has 10 heteroatoms. The quantitative estimate of drug-likeness (QED) is 0.505. The number of para-hydroxylation sites is 1. The van der Waals surface area contributed by atoms with Crippen molar-refractivity contribution in [2.24, 2.45) is 0 Å². The molecule has 2 N–H and O–H groups in total. The molecule has 1 aliphatic rings. The van der Waals surface area contributed by atoms with Crippen LogP contribution in [0.25, 0.3) is 5.69 Å². The van der Waals surface area contributed by atoms with Gasteiger partial charge in [0.15, 0.2) is 5.69 Å². The first-order chi connectivity index (χ1) is 14.1. The second-order valence-electron chi connectivity index (χ2n) is 6.52. The van der Waals surface area contributed by atoms with Gasteiger partial charge in [0.05, 0.1) is 17.4 Å². The first-order valence-corrected chi connectivity index (χ1v) is 8.59. The minimum Gasteiger partial charge on any atom is -0.358 e. The Hall–Kier alpha value is -3.79. The molecule has 1 amide bonds. The van der Waals surface area contributed by atoms with Gasteiger partial charge in [-0.3, -0.25) is 14.4 Å². The van der Waals surface area contributed by atoms with E-state index in [1.807, 2.05) is 0 Å². The number of hydrogen-bond donors (Lipinski definition) is 2. The van der Waals surface area contributed by atoms with Crippen molar-refractivity contribution in [1.29, 1.82) is 0 Å². The molecule has 2 aromatic carbocycles. The molecule has 152 valence electrons. The van der Waals surface area contributed by atoms with Crippen molar-refractivity contribution < 1.29 is 32.7 Å². The van der Waals surface area contributed by atoms with E-state index < -0.39 is 40.6 Å². The Kier molecular flexibility index (Phi) is 4.31. The van der Waals surface area contributed by atoms with E-state index in [1.54, 1.807) is 11.4 Å². The molecule has 4 rings (SSSR count). The normalized spacial score (nSPS) is 15.2. The van der Waals surface area contributed by atoms with Gasteiger partial charge < -0.3 is 10.4 Å². The largest absolute Gasteiger partial charge is 0.434 e. The number of fused-ring (bicyclic) bond motifs is 1. The predicted octanol–water partition coefficient (Wildman–Crippen LogP) is 2.39. The van der Waals surface area contributed by atoms with Crippen LogP contribution in [0.5, 0.6) is 0 Å². The molecular weight excluding hydrogens is 403 g/mol. The van der Waals surface area contributed by atoms with Crippen molar-refractivity contribution in [1.82, 2.24) is 15.1 Å². The lowest BCUT2D eigenvalue weighted by molar-refractivity contribution is -0.143. The van der Waals surface area contributed by atoms with Crippen LogP contribution in [0, 0.1) is 0 Å². The topological polar surface area (TPSA) is 101 Å². The SMILES string of the molecule is O=C(NC1(O)C(=O)c2ccccc2C1=O)c1cnn(-c2ccccc2)c1C(F)(F)F. The Bertz CT molecular complexity index is 1150. The average molecular weight is 415 g/mol. The first kappa shape index (κ1) is 19.5. The van der Waals surface area contributed by atoms with Crippen molar-refractivity contribution in [2.75, 3.05) is 0 Å². The fraction of sp³-hybridized carbons (Fsp3) is 0.100. The van der Waals surface area contributed by atoms with E-state index in [9.17, 15) is 32.7 Å². The van der Waals surface area contributed by atoms with E-state index in [2.05, 4.69) is 5.10 Å². The van der Waals surface area contributed by atoms with Crippen LogP contribution in [0.15, 0.2) is 60.8 Å². The van der Waals surface area contributed by atoms with Crippen molar-refractivity contribution in [2.45, 2.75) is 11.9 Å². The summed E-state index contributed by atoms with van der Waals surface area (Å²) in [6.07, 6.45) is -4.33. The van der Waals surface area contributed by atoms with Crippen LogP contribution in [0.3, 0.4) is 0 Å². The van der Waals surface area contributed by atoms with E-state index >= 15 is 0 Å². The second-order valence-corrected chi connectivity index (χ2v) is 6.52. The molecule has 0 saturated carbocycles. The highest BCUT2D eigenvalue weighted by molar-refractivity contribution is 6.32. The van der Waals surface area contributed by atoms with Gasteiger partial charge in [-0.25, -0.2) is 4.68 Å². The predicted molar refractivity (Wildman–Crippen MR) is 96.1 cm³/mol. The second kappa shape index (κ2) is 6.63. The zero-order valence-corrected chi connectivity index (χ0v) is 15.0. The van der Waals surface area contributed by atoms with Gasteiger partial charge in [-0.1, -0.05) is 42.5 Å². The molecule has 0 unspecified atom stereocenters. The van der Waals surface area contributed by atoms with E-state index in [4.69, 9.17) is 0 Å². The summed E-state index contributed by atoms with van der Waals surface area (Å²) >= 11 is 0. The Morgan fingerprint density at radius 3 is 2.03 bits per heavy atom. The number of carbonyl (C=O) groups excluding carboxylic acids is 3. The molecule has 0 spiro atoms. The highest BCUT2D eigenvalue weighted by Crippen LogP contribution is 2.34. The number of benzene rings is 2. The number of aromatic nitrogens is 2. The molecule has 0 bridgehead atoms. The number of nitrogens with one attached hydrogen (secondary N) is 1. The smallest absolute Gasteiger partial charge is 0.358 e. The Labute approximate surface area is 166 Å². The summed E-state index contributed by atoms with van der Waals surface area (Å²) in [6, 6.07) is 12.7. The average Bonchev–Trinajstić information content (AvgIpc) is 3.25. The lowest BCUT2D eigenvalue weighted by Gasteiger charge is -2.21. The zero-order chi connectivity index (χ0) is 21.7. The summed E-state index contributed by atoms with van der Waals surface area (Å²) in [5.74, 6) is -3.72. The van der Waals surface area contributed by atoms with E-state index in [0.29, 0.717) is 10.9 Å². The van der Waals surface area contributed by atoms with E-state index in [0.717, 1.165) is 0 Å². The number of hydrogen-bond acceptors (Lipinski definition) is 5. The number of amides is 1. The third-order valence-electron chi connectivity index (χ3n) is 4.65. The van der Waals surface area contributed by atoms with Crippen molar-refractivity contribution in [3.63, 3.8) is 0 Å². The van der Waals surface area contributed by atoms with Crippen LogP contribution in [0.4, 0.5) is 13.2 Å². The van der Waals surface area contributed by atoms with Gasteiger partial charge in [-0.05, 0) is 12.1 Å². The number of ketones is 2. The minimum absolute atomic E-state index is 0.0445. The van der Waals surface area contributed by atoms with Gasteiger partial charge in [0.25, 0.3) is 11.6 Å². The zero-order valence-electron chi connectivity index (χ0n) is 15.0.